The molecule has 0 bridgehead atoms. The van der Waals surface area contributed by atoms with Crippen LogP contribution in [0.4, 0.5) is 5.95 Å². The van der Waals surface area contributed by atoms with Crippen LogP contribution in [0.25, 0.3) is 0 Å². The molecule has 0 atom stereocenters. The third kappa shape index (κ3) is 4.41. The molecule has 1 aliphatic rings. The van der Waals surface area contributed by atoms with Crippen molar-refractivity contribution in [3.8, 4) is 0 Å². The van der Waals surface area contributed by atoms with Gasteiger partial charge in [-0.3, -0.25) is 0 Å². The number of rotatable bonds is 6. The third-order valence-electron chi connectivity index (χ3n) is 3.29. The van der Waals surface area contributed by atoms with E-state index in [1.807, 2.05) is 12.4 Å². The van der Waals surface area contributed by atoms with Gasteiger partial charge in [-0.25, -0.2) is 9.97 Å². The van der Waals surface area contributed by atoms with Gasteiger partial charge < -0.3 is 19.9 Å². The number of methoxy groups -OCH3 is 1. The van der Waals surface area contributed by atoms with Crippen molar-refractivity contribution in [3.05, 3.63) is 18.0 Å². The SMILES string of the molecule is COCCNCc1cnc(N2CCN(C)CC2)nc1. The fourth-order valence-electron chi connectivity index (χ4n) is 2.02. The minimum absolute atomic E-state index is 0.722. The predicted molar refractivity (Wildman–Crippen MR) is 75.3 cm³/mol. The van der Waals surface area contributed by atoms with Crippen molar-refractivity contribution in [2.75, 3.05) is 58.4 Å². The number of aromatic nitrogens is 2. The molecular formula is C13H23N5O. The molecule has 0 unspecified atom stereocenters. The van der Waals surface area contributed by atoms with Crippen molar-refractivity contribution >= 4 is 5.95 Å². The monoisotopic (exact) mass is 265 g/mol. The van der Waals surface area contributed by atoms with Gasteiger partial charge in [0.05, 0.1) is 6.61 Å². The number of nitrogens with one attached hydrogen (secondary N) is 1. The van der Waals surface area contributed by atoms with Crippen molar-refractivity contribution in [2.24, 2.45) is 0 Å². The molecule has 0 aliphatic carbocycles. The third-order valence-corrected chi connectivity index (χ3v) is 3.29. The summed E-state index contributed by atoms with van der Waals surface area (Å²) in [4.78, 5) is 13.5. The second-order valence-electron chi connectivity index (χ2n) is 4.85. The fourth-order valence-corrected chi connectivity index (χ4v) is 2.02. The van der Waals surface area contributed by atoms with Crippen LogP contribution in [0.1, 0.15) is 5.56 Å². The molecule has 6 heteroatoms. The van der Waals surface area contributed by atoms with E-state index in [-0.39, 0.29) is 0 Å². The number of likely N-dealkylation sites (N-methyl/N-ethyl adjacent to an activating group) is 1. The molecule has 1 fully saturated rings. The smallest absolute Gasteiger partial charge is 0.225 e. The highest BCUT2D eigenvalue weighted by Gasteiger charge is 2.15. The Labute approximate surface area is 114 Å². The van der Waals surface area contributed by atoms with Crippen LogP contribution >= 0.6 is 0 Å². The molecular weight excluding hydrogens is 242 g/mol. The van der Waals surface area contributed by atoms with E-state index in [4.69, 9.17) is 4.74 Å². The van der Waals surface area contributed by atoms with Crippen molar-refractivity contribution in [1.82, 2.24) is 20.2 Å². The van der Waals surface area contributed by atoms with Crippen LogP contribution in [-0.4, -0.2) is 68.4 Å². The van der Waals surface area contributed by atoms with Crippen LogP contribution in [0, 0.1) is 0 Å². The molecule has 0 saturated carbocycles. The number of piperazine rings is 1. The van der Waals surface area contributed by atoms with Crippen molar-refractivity contribution in [2.45, 2.75) is 6.54 Å². The average Bonchev–Trinajstić information content (AvgIpc) is 2.45. The van der Waals surface area contributed by atoms with Gasteiger partial charge in [0, 0.05) is 64.3 Å². The first-order valence-electron chi connectivity index (χ1n) is 6.73. The molecule has 6 nitrogen and oxygen atoms in total. The van der Waals surface area contributed by atoms with E-state index >= 15 is 0 Å². The Morgan fingerprint density at radius 2 is 1.89 bits per heavy atom. The summed E-state index contributed by atoms with van der Waals surface area (Å²) in [6.45, 7) is 6.50. The van der Waals surface area contributed by atoms with Crippen LogP contribution in [0.3, 0.4) is 0 Å². The molecule has 1 aliphatic heterocycles. The van der Waals surface area contributed by atoms with E-state index < -0.39 is 0 Å². The molecule has 1 aromatic rings. The molecule has 2 rings (SSSR count). The van der Waals surface area contributed by atoms with Crippen molar-refractivity contribution in [1.29, 1.82) is 0 Å². The van der Waals surface area contributed by atoms with Gasteiger partial charge in [-0.2, -0.15) is 0 Å². The molecule has 0 radical (unpaired) electrons. The first kappa shape index (κ1) is 14.2. The summed E-state index contributed by atoms with van der Waals surface area (Å²) in [5.74, 6) is 0.841. The van der Waals surface area contributed by atoms with E-state index in [2.05, 4.69) is 32.1 Å². The van der Waals surface area contributed by atoms with E-state index in [0.29, 0.717) is 0 Å². The Balaban J connectivity index is 1.81. The maximum absolute atomic E-state index is 4.98. The number of ether oxygens (including phenoxy) is 1. The van der Waals surface area contributed by atoms with Crippen molar-refractivity contribution in [3.63, 3.8) is 0 Å². The minimum atomic E-state index is 0.722. The normalized spacial score (nSPS) is 16.8. The summed E-state index contributed by atoms with van der Waals surface area (Å²) in [7, 11) is 3.85. The van der Waals surface area contributed by atoms with Gasteiger partial charge in [-0.1, -0.05) is 0 Å². The van der Waals surface area contributed by atoms with E-state index in [9.17, 15) is 0 Å². The Kier molecular flexibility index (Phi) is 5.50. The van der Waals surface area contributed by atoms with Crippen LogP contribution in [0.15, 0.2) is 12.4 Å². The maximum atomic E-state index is 4.98. The molecule has 19 heavy (non-hydrogen) atoms. The summed E-state index contributed by atoms with van der Waals surface area (Å²) < 4.78 is 4.98. The molecule has 1 N–H and O–H groups in total. The van der Waals surface area contributed by atoms with Gasteiger partial charge >= 0.3 is 0 Å². The molecule has 0 spiro atoms. The highest BCUT2D eigenvalue weighted by Crippen LogP contribution is 2.09. The Hall–Kier alpha value is -1.24. The lowest BCUT2D eigenvalue weighted by molar-refractivity contribution is 0.199. The van der Waals surface area contributed by atoms with Gasteiger partial charge in [0.2, 0.25) is 5.95 Å². The van der Waals surface area contributed by atoms with Gasteiger partial charge in [-0.15, -0.1) is 0 Å². The van der Waals surface area contributed by atoms with Crippen LogP contribution in [-0.2, 0) is 11.3 Å². The second-order valence-corrected chi connectivity index (χ2v) is 4.85. The summed E-state index contributed by atoms with van der Waals surface area (Å²) in [6.07, 6.45) is 3.81. The van der Waals surface area contributed by atoms with Gasteiger partial charge in [-0.05, 0) is 7.05 Å². The first-order chi connectivity index (χ1) is 9.29. The van der Waals surface area contributed by atoms with Crippen LogP contribution < -0.4 is 10.2 Å². The molecule has 1 saturated heterocycles. The lowest BCUT2D eigenvalue weighted by Crippen LogP contribution is -2.45. The summed E-state index contributed by atoms with van der Waals surface area (Å²) in [5, 5.41) is 3.28. The van der Waals surface area contributed by atoms with Crippen LogP contribution in [0.5, 0.6) is 0 Å². The topological polar surface area (TPSA) is 53.5 Å². The molecule has 2 heterocycles. The van der Waals surface area contributed by atoms with E-state index in [1.54, 1.807) is 7.11 Å². The highest BCUT2D eigenvalue weighted by atomic mass is 16.5. The Morgan fingerprint density at radius 3 is 2.53 bits per heavy atom. The number of hydrogen-bond acceptors (Lipinski definition) is 6. The Bertz CT molecular complexity index is 362. The Morgan fingerprint density at radius 1 is 1.21 bits per heavy atom. The first-order valence-corrected chi connectivity index (χ1v) is 6.73. The van der Waals surface area contributed by atoms with E-state index in [0.717, 1.165) is 57.4 Å². The zero-order valence-electron chi connectivity index (χ0n) is 11.8. The second kappa shape index (κ2) is 7.37. The van der Waals surface area contributed by atoms with E-state index in [1.165, 1.54) is 0 Å². The summed E-state index contributed by atoms with van der Waals surface area (Å²) in [5.41, 5.74) is 1.11. The quantitative estimate of drug-likeness (QED) is 0.729. The molecule has 106 valence electrons. The van der Waals surface area contributed by atoms with Crippen molar-refractivity contribution < 1.29 is 4.74 Å². The lowest BCUT2D eigenvalue weighted by Gasteiger charge is -2.32. The zero-order chi connectivity index (χ0) is 13.5. The largest absolute Gasteiger partial charge is 0.383 e. The van der Waals surface area contributed by atoms with Crippen LogP contribution in [0.2, 0.25) is 0 Å². The average molecular weight is 265 g/mol. The van der Waals surface area contributed by atoms with Gasteiger partial charge in [0.15, 0.2) is 0 Å². The number of nitrogens with zero attached hydrogens (tertiary/aromatic N) is 4. The molecule has 0 amide bonds. The fraction of sp³-hybridized carbons (Fsp3) is 0.692. The molecule has 1 aromatic heterocycles. The standard InChI is InChI=1S/C13H23N5O/c1-17-4-6-18(7-5-17)13-15-10-12(11-16-13)9-14-3-8-19-2/h10-11,14H,3-9H2,1-2H3. The lowest BCUT2D eigenvalue weighted by atomic mass is 10.3. The minimum Gasteiger partial charge on any atom is -0.383 e. The summed E-state index contributed by atoms with van der Waals surface area (Å²) >= 11 is 0. The number of anilines is 1. The zero-order valence-corrected chi connectivity index (χ0v) is 11.8. The highest BCUT2D eigenvalue weighted by molar-refractivity contribution is 5.30. The number of hydrogen-bond donors (Lipinski definition) is 1. The summed E-state index contributed by atoms with van der Waals surface area (Å²) in [6, 6.07) is 0. The maximum Gasteiger partial charge on any atom is 0.225 e. The van der Waals surface area contributed by atoms with Gasteiger partial charge in [0.25, 0.3) is 0 Å². The molecule has 0 aromatic carbocycles. The van der Waals surface area contributed by atoms with Gasteiger partial charge in [0.1, 0.15) is 0 Å². The predicted octanol–water partition coefficient (Wildman–Crippen LogP) is -0.0356.